The number of hydrogen-bond donors (Lipinski definition) is 1. The van der Waals surface area contributed by atoms with Crippen LogP contribution in [0.25, 0.3) is 0 Å². The molecule has 2 heterocycles. The smallest absolute Gasteiger partial charge is 0.246 e. The standard InChI is InChI=1S/C14H17BrN2O2/c1-9-13(16-5-7-19-9)14(18)17-6-4-10-2-3-11(15)8-12(10)17/h2-3,8-9,13,16H,4-7H2,1H3/t9-,13+/m1/s1. The molecule has 0 spiro atoms. The lowest BCUT2D eigenvalue weighted by Gasteiger charge is -2.32. The van der Waals surface area contributed by atoms with Crippen LogP contribution in [0.1, 0.15) is 12.5 Å². The van der Waals surface area contributed by atoms with E-state index in [0.717, 1.165) is 29.7 Å². The van der Waals surface area contributed by atoms with Gasteiger partial charge in [0.1, 0.15) is 6.04 Å². The average molecular weight is 325 g/mol. The quantitative estimate of drug-likeness (QED) is 0.855. The number of anilines is 1. The molecular formula is C14H17BrN2O2. The van der Waals surface area contributed by atoms with E-state index in [1.807, 2.05) is 24.0 Å². The van der Waals surface area contributed by atoms with Crippen LogP contribution in [-0.4, -0.2) is 37.7 Å². The van der Waals surface area contributed by atoms with Crippen LogP contribution in [0.2, 0.25) is 0 Å². The number of carbonyl (C=O) groups is 1. The van der Waals surface area contributed by atoms with E-state index in [0.29, 0.717) is 6.61 Å². The first-order chi connectivity index (χ1) is 9.16. The maximum absolute atomic E-state index is 12.7. The Balaban J connectivity index is 1.84. The maximum atomic E-state index is 12.7. The predicted molar refractivity (Wildman–Crippen MR) is 77.4 cm³/mol. The van der Waals surface area contributed by atoms with Crippen molar-refractivity contribution < 1.29 is 9.53 Å². The SMILES string of the molecule is C[C@H]1OCCN[C@@H]1C(=O)N1CCc2ccc(Br)cc21. The fraction of sp³-hybridized carbons (Fsp3) is 0.500. The van der Waals surface area contributed by atoms with Crippen molar-refractivity contribution >= 4 is 27.5 Å². The van der Waals surface area contributed by atoms with Gasteiger partial charge >= 0.3 is 0 Å². The zero-order valence-corrected chi connectivity index (χ0v) is 12.4. The summed E-state index contributed by atoms with van der Waals surface area (Å²) in [6.45, 7) is 4.12. The average Bonchev–Trinajstić information content (AvgIpc) is 2.81. The summed E-state index contributed by atoms with van der Waals surface area (Å²) < 4.78 is 6.57. The van der Waals surface area contributed by atoms with Crippen LogP contribution in [0.15, 0.2) is 22.7 Å². The molecule has 2 atom stereocenters. The molecule has 0 aromatic heterocycles. The van der Waals surface area contributed by atoms with Crippen molar-refractivity contribution in [2.24, 2.45) is 0 Å². The molecule has 4 nitrogen and oxygen atoms in total. The van der Waals surface area contributed by atoms with Gasteiger partial charge in [-0.25, -0.2) is 0 Å². The van der Waals surface area contributed by atoms with E-state index in [1.165, 1.54) is 5.56 Å². The van der Waals surface area contributed by atoms with E-state index in [9.17, 15) is 4.79 Å². The first kappa shape index (κ1) is 13.1. The summed E-state index contributed by atoms with van der Waals surface area (Å²) in [6, 6.07) is 5.89. The number of fused-ring (bicyclic) bond motifs is 1. The van der Waals surface area contributed by atoms with Crippen molar-refractivity contribution in [3.05, 3.63) is 28.2 Å². The topological polar surface area (TPSA) is 41.6 Å². The number of hydrogen-bond acceptors (Lipinski definition) is 3. The van der Waals surface area contributed by atoms with Gasteiger partial charge in [0.05, 0.1) is 12.7 Å². The number of nitrogens with one attached hydrogen (secondary N) is 1. The molecule has 3 rings (SSSR count). The maximum Gasteiger partial charge on any atom is 0.246 e. The van der Waals surface area contributed by atoms with Crippen molar-refractivity contribution in [3.63, 3.8) is 0 Å². The molecular weight excluding hydrogens is 308 g/mol. The normalized spacial score (nSPS) is 26.3. The van der Waals surface area contributed by atoms with Gasteiger partial charge in [0.2, 0.25) is 5.91 Å². The lowest BCUT2D eigenvalue weighted by molar-refractivity contribution is -0.126. The zero-order chi connectivity index (χ0) is 13.4. The summed E-state index contributed by atoms with van der Waals surface area (Å²) in [7, 11) is 0. The second-order valence-corrected chi connectivity index (χ2v) is 5.94. The lowest BCUT2D eigenvalue weighted by Crippen LogP contribution is -2.56. The highest BCUT2D eigenvalue weighted by atomic mass is 79.9. The Kier molecular flexibility index (Phi) is 3.60. The number of amides is 1. The molecule has 1 aromatic rings. The van der Waals surface area contributed by atoms with Crippen LogP contribution >= 0.6 is 15.9 Å². The molecule has 102 valence electrons. The molecule has 2 aliphatic heterocycles. The number of benzene rings is 1. The molecule has 0 unspecified atom stereocenters. The van der Waals surface area contributed by atoms with Crippen molar-refractivity contribution in [2.45, 2.75) is 25.5 Å². The predicted octanol–water partition coefficient (Wildman–Crippen LogP) is 1.72. The second kappa shape index (κ2) is 5.23. The molecule has 0 aliphatic carbocycles. The number of halogens is 1. The Hall–Kier alpha value is -0.910. The van der Waals surface area contributed by atoms with Gasteiger partial charge in [0.15, 0.2) is 0 Å². The summed E-state index contributed by atoms with van der Waals surface area (Å²) >= 11 is 3.47. The first-order valence-electron chi connectivity index (χ1n) is 6.61. The van der Waals surface area contributed by atoms with Crippen LogP contribution in [0.4, 0.5) is 5.69 Å². The minimum absolute atomic E-state index is 0.0718. The minimum atomic E-state index is -0.237. The van der Waals surface area contributed by atoms with E-state index >= 15 is 0 Å². The van der Waals surface area contributed by atoms with Gasteiger partial charge in [-0.1, -0.05) is 22.0 Å². The van der Waals surface area contributed by atoms with Gasteiger partial charge in [-0.05, 0) is 31.0 Å². The van der Waals surface area contributed by atoms with Crippen molar-refractivity contribution in [2.75, 3.05) is 24.6 Å². The van der Waals surface area contributed by atoms with E-state index in [4.69, 9.17) is 4.74 Å². The van der Waals surface area contributed by atoms with Crippen molar-refractivity contribution in [1.29, 1.82) is 0 Å². The van der Waals surface area contributed by atoms with Crippen LogP contribution in [-0.2, 0) is 16.0 Å². The molecule has 1 saturated heterocycles. The van der Waals surface area contributed by atoms with Gasteiger partial charge in [-0.15, -0.1) is 0 Å². The molecule has 2 aliphatic rings. The van der Waals surface area contributed by atoms with Crippen LogP contribution in [0, 0.1) is 0 Å². The van der Waals surface area contributed by atoms with Crippen molar-refractivity contribution in [1.82, 2.24) is 5.32 Å². The number of morpholine rings is 1. The van der Waals surface area contributed by atoms with Gasteiger partial charge in [0, 0.05) is 23.2 Å². The Morgan fingerprint density at radius 3 is 3.16 bits per heavy atom. The number of ether oxygens (including phenoxy) is 1. The van der Waals surface area contributed by atoms with Crippen LogP contribution in [0.5, 0.6) is 0 Å². The molecule has 5 heteroatoms. The number of rotatable bonds is 1. The van der Waals surface area contributed by atoms with E-state index in [-0.39, 0.29) is 18.1 Å². The van der Waals surface area contributed by atoms with Crippen molar-refractivity contribution in [3.8, 4) is 0 Å². The van der Waals surface area contributed by atoms with Gasteiger partial charge < -0.3 is 15.0 Å². The fourth-order valence-electron chi connectivity index (χ4n) is 2.76. The minimum Gasteiger partial charge on any atom is -0.375 e. The largest absolute Gasteiger partial charge is 0.375 e. The number of nitrogens with zero attached hydrogens (tertiary/aromatic N) is 1. The second-order valence-electron chi connectivity index (χ2n) is 5.02. The summed E-state index contributed by atoms with van der Waals surface area (Å²) in [5, 5.41) is 3.26. The lowest BCUT2D eigenvalue weighted by atomic mass is 10.1. The summed E-state index contributed by atoms with van der Waals surface area (Å²) in [4.78, 5) is 14.5. The fourth-order valence-corrected chi connectivity index (χ4v) is 3.11. The number of carbonyl (C=O) groups excluding carboxylic acids is 1. The zero-order valence-electron chi connectivity index (χ0n) is 10.9. The molecule has 1 amide bonds. The van der Waals surface area contributed by atoms with Gasteiger partial charge in [-0.3, -0.25) is 4.79 Å². The molecule has 1 aromatic carbocycles. The molecule has 1 N–H and O–H groups in total. The van der Waals surface area contributed by atoms with Crippen LogP contribution in [0.3, 0.4) is 0 Å². The molecule has 19 heavy (non-hydrogen) atoms. The Labute approximate surface area is 121 Å². The van der Waals surface area contributed by atoms with E-state index < -0.39 is 0 Å². The first-order valence-corrected chi connectivity index (χ1v) is 7.41. The van der Waals surface area contributed by atoms with E-state index in [1.54, 1.807) is 0 Å². The highest BCUT2D eigenvalue weighted by molar-refractivity contribution is 9.10. The third-order valence-electron chi connectivity index (χ3n) is 3.79. The molecule has 0 bridgehead atoms. The third kappa shape index (κ3) is 2.42. The highest BCUT2D eigenvalue weighted by Crippen LogP contribution is 2.31. The van der Waals surface area contributed by atoms with Gasteiger partial charge in [0.25, 0.3) is 0 Å². The summed E-state index contributed by atoms with van der Waals surface area (Å²) in [5.74, 6) is 0.115. The Bertz CT molecular complexity index is 506. The monoisotopic (exact) mass is 324 g/mol. The molecule has 0 radical (unpaired) electrons. The third-order valence-corrected chi connectivity index (χ3v) is 4.28. The molecule has 1 fully saturated rings. The Morgan fingerprint density at radius 2 is 2.37 bits per heavy atom. The summed E-state index contributed by atoms with van der Waals surface area (Å²) in [5.41, 5.74) is 2.26. The van der Waals surface area contributed by atoms with Gasteiger partial charge in [-0.2, -0.15) is 0 Å². The highest BCUT2D eigenvalue weighted by Gasteiger charge is 2.35. The molecule has 0 saturated carbocycles. The summed E-state index contributed by atoms with van der Waals surface area (Å²) in [6.07, 6.45) is 0.855. The Morgan fingerprint density at radius 1 is 1.53 bits per heavy atom. The van der Waals surface area contributed by atoms with Crippen LogP contribution < -0.4 is 10.2 Å². The van der Waals surface area contributed by atoms with E-state index in [2.05, 4.69) is 27.3 Å².